The average molecular weight is 529 g/mol. The molecule has 0 aromatic rings. The zero-order valence-electron chi connectivity index (χ0n) is 20.1. The van der Waals surface area contributed by atoms with Crippen molar-refractivity contribution in [2.24, 2.45) is 29.1 Å². The highest BCUT2D eigenvalue weighted by Crippen LogP contribution is 2.78. The van der Waals surface area contributed by atoms with Gasteiger partial charge in [0.05, 0.1) is 18.1 Å². The summed E-state index contributed by atoms with van der Waals surface area (Å²) in [5.41, 5.74) is -1.18. The number of ether oxygens (including phenoxy) is 5. The topological polar surface area (TPSA) is 80.3 Å². The van der Waals surface area contributed by atoms with E-state index in [1.165, 1.54) is 20.0 Å². The number of hydrogen-bond donors (Lipinski definition) is 0. The standard InChI is InChI=1S/C25H37BrO7/c1-13(2)16-11-10-14(3)12-17(16)31-21-19(30-15-8-6-5-7-9-15)24(22(27)33-21)18-20(29-4)32-23(28)25(18,24)26/h13-21H,5-12H2,1-4H3/t14-,16+,17-,18-,19+,20+,21-,24-,25-/m1/s1. The van der Waals surface area contributed by atoms with Crippen LogP contribution in [0, 0.1) is 29.1 Å². The van der Waals surface area contributed by atoms with E-state index >= 15 is 0 Å². The minimum atomic E-state index is -1.19. The van der Waals surface area contributed by atoms with Crippen LogP contribution in [0.3, 0.4) is 0 Å². The summed E-state index contributed by atoms with van der Waals surface area (Å²) in [6, 6.07) is 0. The van der Waals surface area contributed by atoms with Gasteiger partial charge >= 0.3 is 11.9 Å². The van der Waals surface area contributed by atoms with Gasteiger partial charge in [0.15, 0.2) is 4.32 Å². The molecule has 2 saturated heterocycles. The molecule has 33 heavy (non-hydrogen) atoms. The van der Waals surface area contributed by atoms with Gasteiger partial charge in [-0.1, -0.05) is 62.4 Å². The molecule has 0 radical (unpaired) electrons. The summed E-state index contributed by atoms with van der Waals surface area (Å²) in [6.45, 7) is 6.71. The van der Waals surface area contributed by atoms with E-state index in [4.69, 9.17) is 23.7 Å². The van der Waals surface area contributed by atoms with Crippen molar-refractivity contribution in [3.63, 3.8) is 0 Å². The number of hydrogen-bond acceptors (Lipinski definition) is 7. The molecule has 0 aromatic heterocycles. The fourth-order valence-corrected chi connectivity index (χ4v) is 8.20. The van der Waals surface area contributed by atoms with Gasteiger partial charge in [-0.05, 0) is 43.4 Å². The van der Waals surface area contributed by atoms with E-state index in [1.807, 2.05) is 0 Å². The molecule has 2 aliphatic heterocycles. The van der Waals surface area contributed by atoms with Crippen LogP contribution < -0.4 is 0 Å². The molecule has 0 unspecified atom stereocenters. The number of esters is 2. The zero-order valence-corrected chi connectivity index (χ0v) is 21.7. The van der Waals surface area contributed by atoms with Crippen molar-refractivity contribution in [3.05, 3.63) is 0 Å². The summed E-state index contributed by atoms with van der Waals surface area (Å²) in [5, 5.41) is 0. The van der Waals surface area contributed by atoms with Gasteiger partial charge in [-0.3, -0.25) is 9.59 Å². The Balaban J connectivity index is 1.45. The van der Waals surface area contributed by atoms with E-state index in [0.29, 0.717) is 17.8 Å². The Kier molecular flexibility index (Phi) is 6.37. The Morgan fingerprint density at radius 3 is 2.33 bits per heavy atom. The van der Waals surface area contributed by atoms with Crippen molar-refractivity contribution in [2.75, 3.05) is 7.11 Å². The third-order valence-corrected chi connectivity index (χ3v) is 10.4. The zero-order chi connectivity index (χ0) is 23.5. The SMILES string of the molecule is CO[C@H]1OC(=O)[C@]2(Br)[C@H]1[C@@]21C(=O)O[C@@H](O[C@@H]2C[C@H](C)CC[C@H]2C(C)C)[C@@H]1OC1CCCCC1. The number of fused-ring (bicyclic) bond motifs is 3. The van der Waals surface area contributed by atoms with Crippen molar-refractivity contribution in [1.82, 2.24) is 0 Å². The summed E-state index contributed by atoms with van der Waals surface area (Å²) in [7, 11) is 1.49. The first kappa shape index (κ1) is 24.0. The number of cyclic esters (lactones) is 2. The lowest BCUT2D eigenvalue weighted by Gasteiger charge is -2.39. The molecule has 9 atom stereocenters. The Hall–Kier alpha value is -0.700. The highest BCUT2D eigenvalue weighted by atomic mass is 79.9. The Morgan fingerprint density at radius 1 is 0.970 bits per heavy atom. The largest absolute Gasteiger partial charge is 0.434 e. The van der Waals surface area contributed by atoms with Crippen molar-refractivity contribution in [2.45, 2.75) is 107 Å². The van der Waals surface area contributed by atoms with Crippen LogP contribution in [0.15, 0.2) is 0 Å². The fourth-order valence-electron chi connectivity index (χ4n) is 7.01. The van der Waals surface area contributed by atoms with E-state index in [2.05, 4.69) is 36.7 Å². The number of rotatable bonds is 6. The van der Waals surface area contributed by atoms with Crippen molar-refractivity contribution < 1.29 is 33.3 Å². The molecule has 2 heterocycles. The van der Waals surface area contributed by atoms with Crippen LogP contribution in [-0.4, -0.2) is 54.3 Å². The molecule has 5 aliphatic rings. The number of carbonyl (C=O) groups is 2. The van der Waals surface area contributed by atoms with Crippen LogP contribution in [0.5, 0.6) is 0 Å². The summed E-state index contributed by atoms with van der Waals surface area (Å²) < 4.78 is 28.8. The molecule has 3 saturated carbocycles. The summed E-state index contributed by atoms with van der Waals surface area (Å²) >= 11 is 3.60. The lowest BCUT2D eigenvalue weighted by molar-refractivity contribution is -0.224. The predicted octanol–water partition coefficient (Wildman–Crippen LogP) is 4.34. The highest BCUT2D eigenvalue weighted by Gasteiger charge is 2.96. The molecule has 0 amide bonds. The van der Waals surface area contributed by atoms with Gasteiger partial charge in [0.2, 0.25) is 12.6 Å². The fraction of sp³-hybridized carbons (Fsp3) is 0.920. The molecule has 0 N–H and O–H groups in total. The number of alkyl halides is 1. The molecule has 5 rings (SSSR count). The van der Waals surface area contributed by atoms with Crippen molar-refractivity contribution >= 4 is 27.9 Å². The molecular formula is C25H37BrO7. The Labute approximate surface area is 204 Å². The molecule has 3 aliphatic carbocycles. The van der Waals surface area contributed by atoms with E-state index in [1.54, 1.807) is 0 Å². The van der Waals surface area contributed by atoms with Crippen molar-refractivity contribution in [3.8, 4) is 0 Å². The third-order valence-electron chi connectivity index (χ3n) is 8.88. The molecule has 5 fully saturated rings. The summed E-state index contributed by atoms with van der Waals surface area (Å²) in [5.74, 6) is 0.00856. The predicted molar refractivity (Wildman–Crippen MR) is 122 cm³/mol. The first-order valence-electron chi connectivity index (χ1n) is 12.7. The second kappa shape index (κ2) is 8.75. The van der Waals surface area contributed by atoms with Crippen LogP contribution in [0.1, 0.15) is 72.1 Å². The van der Waals surface area contributed by atoms with Crippen LogP contribution in [0.25, 0.3) is 0 Å². The lowest BCUT2D eigenvalue weighted by atomic mass is 9.75. The smallest absolute Gasteiger partial charge is 0.327 e. The minimum absolute atomic E-state index is 0.00537. The molecule has 7 nitrogen and oxygen atoms in total. The number of methoxy groups -OCH3 is 1. The van der Waals surface area contributed by atoms with Gasteiger partial charge in [0.1, 0.15) is 11.5 Å². The van der Waals surface area contributed by atoms with Crippen LogP contribution >= 0.6 is 15.9 Å². The monoisotopic (exact) mass is 528 g/mol. The second-order valence-electron chi connectivity index (χ2n) is 11.2. The van der Waals surface area contributed by atoms with E-state index in [0.717, 1.165) is 38.5 Å². The summed E-state index contributed by atoms with van der Waals surface area (Å²) in [4.78, 5) is 26.4. The molecule has 0 aromatic carbocycles. The van der Waals surface area contributed by atoms with Crippen LogP contribution in [-0.2, 0) is 33.3 Å². The molecule has 1 spiro atoms. The average Bonchev–Trinajstić information content (AvgIpc) is 3.12. The molecule has 0 bridgehead atoms. The minimum Gasteiger partial charge on any atom is -0.434 e. The Bertz CT molecular complexity index is 783. The number of carbonyl (C=O) groups excluding carboxylic acids is 2. The van der Waals surface area contributed by atoms with E-state index < -0.39 is 46.3 Å². The first-order valence-corrected chi connectivity index (χ1v) is 13.5. The third kappa shape index (κ3) is 3.53. The van der Waals surface area contributed by atoms with Gasteiger partial charge < -0.3 is 23.7 Å². The lowest BCUT2D eigenvalue weighted by Crippen LogP contribution is -2.46. The summed E-state index contributed by atoms with van der Waals surface area (Å²) in [6.07, 6.45) is 6.23. The van der Waals surface area contributed by atoms with Gasteiger partial charge in [-0.2, -0.15) is 0 Å². The normalized spacial score (nSPS) is 47.6. The van der Waals surface area contributed by atoms with Crippen molar-refractivity contribution in [1.29, 1.82) is 0 Å². The van der Waals surface area contributed by atoms with Gasteiger partial charge in [0.25, 0.3) is 0 Å². The van der Waals surface area contributed by atoms with Crippen LogP contribution in [0.2, 0.25) is 0 Å². The maximum absolute atomic E-state index is 13.5. The van der Waals surface area contributed by atoms with Gasteiger partial charge in [-0.25, -0.2) is 0 Å². The van der Waals surface area contributed by atoms with E-state index in [-0.39, 0.29) is 12.2 Å². The first-order chi connectivity index (χ1) is 15.7. The van der Waals surface area contributed by atoms with Crippen LogP contribution in [0.4, 0.5) is 0 Å². The molecule has 186 valence electrons. The quantitative estimate of drug-likeness (QED) is 0.374. The molecule has 8 heteroatoms. The molecular weight excluding hydrogens is 492 g/mol. The van der Waals surface area contributed by atoms with E-state index in [9.17, 15) is 9.59 Å². The number of halogens is 1. The highest BCUT2D eigenvalue weighted by molar-refractivity contribution is 9.10. The van der Waals surface area contributed by atoms with Gasteiger partial charge in [-0.15, -0.1) is 0 Å². The second-order valence-corrected chi connectivity index (χ2v) is 12.4. The maximum Gasteiger partial charge on any atom is 0.327 e. The van der Waals surface area contributed by atoms with Gasteiger partial charge in [0, 0.05) is 7.11 Å². The Morgan fingerprint density at radius 2 is 1.67 bits per heavy atom. The maximum atomic E-state index is 13.5.